The standard InChI is InChI=1S/C24H16N2O7S.3Na/c27-22-17-6-2-1-5-16(17)21(26-25-14-9-11-15(12-10-14)34(31,32)33)13-20(22)23(28)18-7-3-4-8-19(18)24(29)30;;;/h1-13,27H,(H,29,30)(H,31,32,33);;;/q;3*+1/p-3. The van der Waals surface area contributed by atoms with E-state index in [9.17, 15) is 32.8 Å². The second-order valence-corrected chi connectivity index (χ2v) is 8.51. The van der Waals surface area contributed by atoms with Gasteiger partial charge in [-0.05, 0) is 35.7 Å². The van der Waals surface area contributed by atoms with E-state index in [4.69, 9.17) is 0 Å². The van der Waals surface area contributed by atoms with Crippen molar-refractivity contribution in [2.75, 3.05) is 0 Å². The maximum atomic E-state index is 13.1. The first-order valence-corrected chi connectivity index (χ1v) is 11.1. The molecule has 9 nitrogen and oxygen atoms in total. The zero-order valence-electron chi connectivity index (χ0n) is 20.2. The van der Waals surface area contributed by atoms with Crippen LogP contribution in [0.5, 0.6) is 5.75 Å². The number of hydrogen-bond acceptors (Lipinski definition) is 9. The molecule has 4 rings (SSSR count). The van der Waals surface area contributed by atoms with E-state index in [1.807, 2.05) is 0 Å². The van der Waals surface area contributed by atoms with E-state index in [0.717, 1.165) is 12.1 Å². The van der Waals surface area contributed by atoms with Crippen LogP contribution in [0.2, 0.25) is 0 Å². The third-order valence-electron chi connectivity index (χ3n) is 5.01. The molecule has 0 N–H and O–H groups in total. The maximum Gasteiger partial charge on any atom is 1.00 e. The molecule has 0 aliphatic rings. The Balaban J connectivity index is 0.00000228. The van der Waals surface area contributed by atoms with E-state index >= 15 is 0 Å². The number of carboxylic acids is 1. The molecule has 0 aromatic heterocycles. The van der Waals surface area contributed by atoms with Crippen LogP contribution >= 0.6 is 0 Å². The van der Waals surface area contributed by atoms with Crippen LogP contribution in [0.4, 0.5) is 11.4 Å². The van der Waals surface area contributed by atoms with Gasteiger partial charge in [-0.25, -0.2) is 8.42 Å². The molecule has 170 valence electrons. The van der Waals surface area contributed by atoms with E-state index < -0.39 is 32.5 Å². The molecule has 0 unspecified atom stereocenters. The second-order valence-electron chi connectivity index (χ2n) is 7.13. The Morgan fingerprint density at radius 1 is 0.703 bits per heavy atom. The number of nitrogens with zero attached hydrogens (tertiary/aromatic N) is 2. The van der Waals surface area contributed by atoms with Gasteiger partial charge in [0.05, 0.1) is 22.2 Å². The van der Waals surface area contributed by atoms with Crippen molar-refractivity contribution in [3.63, 3.8) is 0 Å². The van der Waals surface area contributed by atoms with Crippen molar-refractivity contribution in [1.29, 1.82) is 0 Å². The van der Waals surface area contributed by atoms with E-state index in [-0.39, 0.29) is 122 Å². The molecule has 0 atom stereocenters. The number of benzene rings is 4. The molecule has 0 bridgehead atoms. The quantitative estimate of drug-likeness (QED) is 0.101. The summed E-state index contributed by atoms with van der Waals surface area (Å²) < 4.78 is 33.2. The maximum absolute atomic E-state index is 13.1. The molecule has 0 heterocycles. The average Bonchev–Trinajstić information content (AvgIpc) is 2.83. The summed E-state index contributed by atoms with van der Waals surface area (Å²) in [6.07, 6.45) is 0. The normalized spacial score (nSPS) is 10.7. The summed E-state index contributed by atoms with van der Waals surface area (Å²) in [5.41, 5.74) is -0.471. The Labute approximate surface area is 278 Å². The summed E-state index contributed by atoms with van der Waals surface area (Å²) in [6, 6.07) is 17.7. The molecule has 13 heteroatoms. The number of fused-ring (bicyclic) bond motifs is 1. The number of ketones is 1. The van der Waals surface area contributed by atoms with E-state index in [1.54, 1.807) is 18.2 Å². The Hall–Kier alpha value is -1.41. The Morgan fingerprint density at radius 3 is 1.81 bits per heavy atom. The molecule has 0 fully saturated rings. The summed E-state index contributed by atoms with van der Waals surface area (Å²) >= 11 is 0. The number of carboxylic acid groups (broad SMARTS) is 1. The van der Waals surface area contributed by atoms with Crippen LogP contribution in [0.15, 0.2) is 94.0 Å². The first-order valence-electron chi connectivity index (χ1n) is 9.72. The zero-order valence-corrected chi connectivity index (χ0v) is 27.0. The molecule has 0 saturated carbocycles. The van der Waals surface area contributed by atoms with Gasteiger partial charge in [0.25, 0.3) is 0 Å². The monoisotopic (exact) mass is 542 g/mol. The van der Waals surface area contributed by atoms with Gasteiger partial charge in [-0.2, -0.15) is 5.11 Å². The number of azo groups is 1. The molecule has 0 saturated heterocycles. The largest absolute Gasteiger partial charge is 1.00 e. The van der Waals surface area contributed by atoms with Crippen LogP contribution in [0.3, 0.4) is 0 Å². The number of hydrogen-bond donors (Lipinski definition) is 0. The molecule has 0 radical (unpaired) electrons. The summed E-state index contributed by atoms with van der Waals surface area (Å²) in [5, 5.41) is 33.2. The number of carbonyl (C=O) groups excluding carboxylic acids is 2. The SMILES string of the molecule is O=C([O-])c1ccccc1C(=O)c1cc(N=Nc2ccc(S(=O)(=O)[O-])cc2)c2ccccc2c1[O-].[Na+].[Na+].[Na+]. The van der Waals surface area contributed by atoms with Crippen LogP contribution < -0.4 is 98.9 Å². The fraction of sp³-hybridized carbons (Fsp3) is 0. The summed E-state index contributed by atoms with van der Waals surface area (Å²) in [4.78, 5) is 24.2. The molecular weight excluding hydrogens is 529 g/mol. The van der Waals surface area contributed by atoms with Crippen LogP contribution in [0.25, 0.3) is 10.8 Å². The molecule has 0 amide bonds. The number of carbonyl (C=O) groups is 2. The Morgan fingerprint density at radius 2 is 1.24 bits per heavy atom. The third kappa shape index (κ3) is 7.59. The van der Waals surface area contributed by atoms with Gasteiger partial charge in [-0.3, -0.25) is 4.79 Å². The summed E-state index contributed by atoms with van der Waals surface area (Å²) in [7, 11) is -4.61. The predicted octanol–water partition coefficient (Wildman–Crippen LogP) is -6.16. The van der Waals surface area contributed by atoms with E-state index in [1.165, 1.54) is 48.5 Å². The molecule has 0 spiro atoms. The minimum atomic E-state index is -4.61. The van der Waals surface area contributed by atoms with Gasteiger partial charge in [0.1, 0.15) is 10.1 Å². The van der Waals surface area contributed by atoms with Crippen LogP contribution in [0.1, 0.15) is 26.3 Å². The van der Waals surface area contributed by atoms with Crippen molar-refractivity contribution in [1.82, 2.24) is 0 Å². The number of aromatic carboxylic acids is 1. The second kappa shape index (κ2) is 14.1. The van der Waals surface area contributed by atoms with Crippen molar-refractivity contribution < 1.29 is 121 Å². The predicted molar refractivity (Wildman–Crippen MR) is 116 cm³/mol. The molecule has 0 aliphatic carbocycles. The van der Waals surface area contributed by atoms with Gasteiger partial charge >= 0.3 is 88.7 Å². The zero-order chi connectivity index (χ0) is 24.5. The molecular formula is C24H13N2Na3O7S. The first kappa shape index (κ1) is 33.6. The Bertz CT molecular complexity index is 1590. The van der Waals surface area contributed by atoms with Crippen LogP contribution in [0, 0.1) is 0 Å². The fourth-order valence-corrected chi connectivity index (χ4v) is 3.85. The molecule has 37 heavy (non-hydrogen) atoms. The fourth-order valence-electron chi connectivity index (χ4n) is 3.38. The van der Waals surface area contributed by atoms with Crippen molar-refractivity contribution in [3.8, 4) is 5.75 Å². The van der Waals surface area contributed by atoms with Crippen LogP contribution in [-0.2, 0) is 10.1 Å². The first-order chi connectivity index (χ1) is 16.2. The van der Waals surface area contributed by atoms with Gasteiger partial charge in [0.2, 0.25) is 0 Å². The van der Waals surface area contributed by atoms with Gasteiger partial charge < -0.3 is 19.6 Å². The Kier molecular flexibility index (Phi) is 12.8. The van der Waals surface area contributed by atoms with Crippen LogP contribution in [-0.4, -0.2) is 24.7 Å². The minimum Gasteiger partial charge on any atom is -0.872 e. The van der Waals surface area contributed by atoms with Gasteiger partial charge in [0, 0.05) is 22.1 Å². The number of rotatable bonds is 6. The van der Waals surface area contributed by atoms with Gasteiger partial charge in [-0.15, -0.1) is 5.11 Å². The summed E-state index contributed by atoms with van der Waals surface area (Å²) in [6.45, 7) is 0. The molecule has 0 aliphatic heterocycles. The third-order valence-corrected chi connectivity index (χ3v) is 5.86. The van der Waals surface area contributed by atoms with Gasteiger partial charge in [0.15, 0.2) is 5.78 Å². The molecule has 4 aromatic carbocycles. The average molecular weight is 542 g/mol. The van der Waals surface area contributed by atoms with Crippen molar-refractivity contribution in [2.24, 2.45) is 10.2 Å². The van der Waals surface area contributed by atoms with Crippen molar-refractivity contribution in [2.45, 2.75) is 4.90 Å². The van der Waals surface area contributed by atoms with E-state index in [2.05, 4.69) is 10.2 Å². The minimum absolute atomic E-state index is 0. The topological polar surface area (TPSA) is 162 Å². The molecule has 4 aromatic rings. The smallest absolute Gasteiger partial charge is 0.872 e. The summed E-state index contributed by atoms with van der Waals surface area (Å²) in [5.74, 6) is -2.96. The van der Waals surface area contributed by atoms with Gasteiger partial charge in [-0.1, -0.05) is 54.3 Å². The van der Waals surface area contributed by atoms with E-state index in [0.29, 0.717) is 5.39 Å². The van der Waals surface area contributed by atoms with Crippen molar-refractivity contribution >= 4 is 44.0 Å². The van der Waals surface area contributed by atoms with Crippen molar-refractivity contribution in [3.05, 3.63) is 95.6 Å².